The summed E-state index contributed by atoms with van der Waals surface area (Å²) in [6, 6.07) is 0. The molecule has 0 N–H and O–H groups in total. The van der Waals surface area contributed by atoms with E-state index in [4.69, 9.17) is 0 Å². The SMILES string of the molecule is O=[C]OC1=CC2=CC=CC2=C1. The van der Waals surface area contributed by atoms with Crippen LogP contribution in [0.2, 0.25) is 0 Å². The van der Waals surface area contributed by atoms with Crippen LogP contribution in [0.15, 0.2) is 47.3 Å². The molecule has 0 saturated carbocycles. The molecule has 0 aromatic heterocycles. The molecule has 1 radical (unpaired) electrons. The van der Waals surface area contributed by atoms with Gasteiger partial charge < -0.3 is 4.74 Å². The van der Waals surface area contributed by atoms with Crippen molar-refractivity contribution in [2.75, 3.05) is 0 Å². The average molecular weight is 145 g/mol. The molecule has 0 heterocycles. The summed E-state index contributed by atoms with van der Waals surface area (Å²) in [5.74, 6) is 0.561. The highest BCUT2D eigenvalue weighted by atomic mass is 16.5. The lowest BCUT2D eigenvalue weighted by Crippen LogP contribution is -1.81. The van der Waals surface area contributed by atoms with Gasteiger partial charge in [0.05, 0.1) is 0 Å². The maximum absolute atomic E-state index is 9.83. The summed E-state index contributed by atoms with van der Waals surface area (Å²) in [6.07, 6.45) is 9.50. The molecular weight excluding hydrogens is 140 g/mol. The van der Waals surface area contributed by atoms with Crippen LogP contribution in [-0.4, -0.2) is 6.47 Å². The van der Waals surface area contributed by atoms with E-state index in [1.165, 1.54) is 6.47 Å². The van der Waals surface area contributed by atoms with Crippen LogP contribution in [0.1, 0.15) is 0 Å². The van der Waals surface area contributed by atoms with Gasteiger partial charge in [-0.25, -0.2) is 4.79 Å². The van der Waals surface area contributed by atoms with Crippen molar-refractivity contribution < 1.29 is 9.53 Å². The van der Waals surface area contributed by atoms with Crippen molar-refractivity contribution in [1.82, 2.24) is 0 Å². The summed E-state index contributed by atoms with van der Waals surface area (Å²) in [5.41, 5.74) is 2.19. The van der Waals surface area contributed by atoms with Gasteiger partial charge in [0, 0.05) is 0 Å². The van der Waals surface area contributed by atoms with Crippen molar-refractivity contribution in [2.24, 2.45) is 0 Å². The molecular formula is C9H5O2. The fourth-order valence-electron chi connectivity index (χ4n) is 1.17. The van der Waals surface area contributed by atoms with E-state index in [-0.39, 0.29) is 0 Å². The quantitative estimate of drug-likeness (QED) is 0.587. The number of rotatable bonds is 2. The minimum Gasteiger partial charge on any atom is -0.418 e. The van der Waals surface area contributed by atoms with Crippen LogP contribution in [0.25, 0.3) is 0 Å². The molecule has 0 aliphatic heterocycles. The van der Waals surface area contributed by atoms with Gasteiger partial charge in [-0.05, 0) is 23.3 Å². The van der Waals surface area contributed by atoms with Gasteiger partial charge in [-0.3, -0.25) is 0 Å². The minimum absolute atomic E-state index is 0.561. The number of carbonyl (C=O) groups excluding carboxylic acids is 1. The zero-order valence-electron chi connectivity index (χ0n) is 5.70. The fraction of sp³-hybridized carbons (Fsp3) is 0. The van der Waals surface area contributed by atoms with Gasteiger partial charge >= 0.3 is 6.47 Å². The third-order valence-corrected chi connectivity index (χ3v) is 1.64. The summed E-state index contributed by atoms with van der Waals surface area (Å²) in [4.78, 5) is 9.83. The number of hydrogen-bond acceptors (Lipinski definition) is 2. The first-order valence-electron chi connectivity index (χ1n) is 3.26. The highest BCUT2D eigenvalue weighted by Crippen LogP contribution is 2.28. The average Bonchev–Trinajstić information content (AvgIpc) is 2.46. The van der Waals surface area contributed by atoms with Gasteiger partial charge in [0.2, 0.25) is 0 Å². The van der Waals surface area contributed by atoms with E-state index in [1.54, 1.807) is 12.2 Å². The van der Waals surface area contributed by atoms with Gasteiger partial charge in [-0.2, -0.15) is 0 Å². The molecule has 0 saturated heterocycles. The Morgan fingerprint density at radius 3 is 2.91 bits per heavy atom. The molecule has 0 unspecified atom stereocenters. The molecule has 0 aromatic rings. The van der Waals surface area contributed by atoms with Gasteiger partial charge in [0.15, 0.2) is 0 Å². The Labute approximate surface area is 64.2 Å². The van der Waals surface area contributed by atoms with Gasteiger partial charge in [0.1, 0.15) is 5.76 Å². The fourth-order valence-corrected chi connectivity index (χ4v) is 1.17. The molecule has 2 heteroatoms. The topological polar surface area (TPSA) is 26.3 Å². The monoisotopic (exact) mass is 145 g/mol. The van der Waals surface area contributed by atoms with Gasteiger partial charge in [-0.1, -0.05) is 18.2 Å². The second kappa shape index (κ2) is 2.23. The van der Waals surface area contributed by atoms with Crippen LogP contribution in [-0.2, 0) is 9.53 Å². The number of hydrogen-bond donors (Lipinski definition) is 0. The Hall–Kier alpha value is -1.57. The third-order valence-electron chi connectivity index (χ3n) is 1.64. The summed E-state index contributed by atoms with van der Waals surface area (Å²) in [6.45, 7) is 1.38. The molecule has 2 nitrogen and oxygen atoms in total. The van der Waals surface area contributed by atoms with E-state index in [2.05, 4.69) is 4.74 Å². The Balaban J connectivity index is 2.26. The predicted octanol–water partition coefficient (Wildman–Crippen LogP) is 1.39. The second-order valence-electron chi connectivity index (χ2n) is 2.31. The minimum atomic E-state index is 0.561. The molecule has 11 heavy (non-hydrogen) atoms. The lowest BCUT2D eigenvalue weighted by molar-refractivity contribution is 0.376. The molecule has 0 bridgehead atoms. The van der Waals surface area contributed by atoms with Gasteiger partial charge in [0.25, 0.3) is 0 Å². The molecule has 2 rings (SSSR count). The van der Waals surface area contributed by atoms with Crippen molar-refractivity contribution in [3.63, 3.8) is 0 Å². The Morgan fingerprint density at radius 2 is 2.18 bits per heavy atom. The first kappa shape index (κ1) is 6.16. The molecule has 0 spiro atoms. The van der Waals surface area contributed by atoms with Gasteiger partial charge in [-0.15, -0.1) is 0 Å². The molecule has 0 aromatic carbocycles. The zero-order valence-corrected chi connectivity index (χ0v) is 5.70. The first-order valence-corrected chi connectivity index (χ1v) is 3.26. The molecule has 2 aliphatic rings. The third kappa shape index (κ3) is 0.923. The molecule has 2 aliphatic carbocycles. The summed E-state index contributed by atoms with van der Waals surface area (Å²) in [5, 5.41) is 0. The Bertz CT molecular complexity index is 316. The standard InChI is InChI=1S/C9H5O2/c10-6-11-9-4-7-2-1-3-8(7)5-9/h1-5H. The summed E-state index contributed by atoms with van der Waals surface area (Å²) >= 11 is 0. The molecule has 53 valence electrons. The van der Waals surface area contributed by atoms with Crippen LogP contribution >= 0.6 is 0 Å². The van der Waals surface area contributed by atoms with Crippen molar-refractivity contribution in [3.8, 4) is 0 Å². The smallest absolute Gasteiger partial charge is 0.418 e. The van der Waals surface area contributed by atoms with Crippen molar-refractivity contribution in [1.29, 1.82) is 0 Å². The Morgan fingerprint density at radius 1 is 1.27 bits per heavy atom. The van der Waals surface area contributed by atoms with Crippen LogP contribution < -0.4 is 0 Å². The number of fused-ring (bicyclic) bond motifs is 1. The zero-order chi connectivity index (χ0) is 7.68. The summed E-state index contributed by atoms with van der Waals surface area (Å²) in [7, 11) is 0. The number of ether oxygens (including phenoxy) is 1. The molecule has 0 amide bonds. The second-order valence-corrected chi connectivity index (χ2v) is 2.31. The van der Waals surface area contributed by atoms with Crippen LogP contribution in [0.5, 0.6) is 0 Å². The normalized spacial score (nSPS) is 18.7. The first-order chi connectivity index (χ1) is 5.40. The van der Waals surface area contributed by atoms with E-state index in [0.29, 0.717) is 5.76 Å². The van der Waals surface area contributed by atoms with Crippen molar-refractivity contribution in [3.05, 3.63) is 47.3 Å². The largest absolute Gasteiger partial charge is 0.423 e. The molecule has 0 fully saturated rings. The van der Waals surface area contributed by atoms with E-state index in [1.807, 2.05) is 18.2 Å². The lowest BCUT2D eigenvalue weighted by atomic mass is 10.2. The van der Waals surface area contributed by atoms with Crippen LogP contribution in [0.4, 0.5) is 0 Å². The van der Waals surface area contributed by atoms with Crippen molar-refractivity contribution in [2.45, 2.75) is 0 Å². The van der Waals surface area contributed by atoms with Crippen molar-refractivity contribution >= 4 is 6.47 Å². The Kier molecular flexibility index (Phi) is 1.25. The highest BCUT2D eigenvalue weighted by molar-refractivity contribution is 5.62. The predicted molar refractivity (Wildman–Crippen MR) is 40.2 cm³/mol. The summed E-state index contributed by atoms with van der Waals surface area (Å²) < 4.78 is 4.54. The number of allylic oxidation sites excluding steroid dienone is 7. The van der Waals surface area contributed by atoms with Crippen LogP contribution in [0, 0.1) is 0 Å². The van der Waals surface area contributed by atoms with E-state index < -0.39 is 0 Å². The van der Waals surface area contributed by atoms with E-state index >= 15 is 0 Å². The van der Waals surface area contributed by atoms with E-state index in [9.17, 15) is 4.79 Å². The van der Waals surface area contributed by atoms with E-state index in [0.717, 1.165) is 11.1 Å². The maximum Gasteiger partial charge on any atom is 0.423 e. The maximum atomic E-state index is 9.83. The lowest BCUT2D eigenvalue weighted by Gasteiger charge is -1.88. The highest BCUT2D eigenvalue weighted by Gasteiger charge is 2.13. The van der Waals surface area contributed by atoms with Crippen LogP contribution in [0.3, 0.4) is 0 Å². The molecule has 0 atom stereocenters.